The van der Waals surface area contributed by atoms with Gasteiger partial charge in [0.05, 0.1) is 0 Å². The van der Waals surface area contributed by atoms with Gasteiger partial charge in [0.25, 0.3) is 0 Å². The second-order valence-corrected chi connectivity index (χ2v) is 4.42. The predicted octanol–water partition coefficient (Wildman–Crippen LogP) is 4.33. The van der Waals surface area contributed by atoms with Crippen LogP contribution in [0.25, 0.3) is 11.0 Å². The highest BCUT2D eigenvalue weighted by molar-refractivity contribution is 5.77. The van der Waals surface area contributed by atoms with Crippen LogP contribution in [0.2, 0.25) is 0 Å². The Morgan fingerprint density at radius 1 is 0.941 bits per heavy atom. The molecule has 1 nitrogen and oxygen atoms in total. The normalized spacial score (nSPS) is 10.9. The molecule has 0 saturated heterocycles. The summed E-state index contributed by atoms with van der Waals surface area (Å²) in [7, 11) is 0. The third-order valence-electron chi connectivity index (χ3n) is 2.94. The molecule has 3 rings (SSSR count). The SMILES string of the molecule is Cc1cccc(Cc2cc3ccccc3o2)c1. The summed E-state index contributed by atoms with van der Waals surface area (Å²) in [6.07, 6.45) is 0.857. The van der Waals surface area contributed by atoms with Gasteiger partial charge in [0.1, 0.15) is 11.3 Å². The zero-order chi connectivity index (χ0) is 11.7. The number of hydrogen-bond donors (Lipinski definition) is 0. The second-order valence-electron chi connectivity index (χ2n) is 4.42. The summed E-state index contributed by atoms with van der Waals surface area (Å²) in [5.41, 5.74) is 3.55. The van der Waals surface area contributed by atoms with E-state index in [1.165, 1.54) is 16.5 Å². The van der Waals surface area contributed by atoms with Crippen molar-refractivity contribution in [3.8, 4) is 0 Å². The molecule has 2 aromatic carbocycles. The molecule has 0 saturated carbocycles. The van der Waals surface area contributed by atoms with E-state index in [4.69, 9.17) is 4.42 Å². The van der Waals surface area contributed by atoms with Gasteiger partial charge in [0.2, 0.25) is 0 Å². The number of fused-ring (bicyclic) bond motifs is 1. The van der Waals surface area contributed by atoms with Crippen LogP contribution in [-0.4, -0.2) is 0 Å². The summed E-state index contributed by atoms with van der Waals surface area (Å²) < 4.78 is 5.81. The third-order valence-corrected chi connectivity index (χ3v) is 2.94. The zero-order valence-corrected chi connectivity index (χ0v) is 9.81. The van der Waals surface area contributed by atoms with Gasteiger partial charge in [0.15, 0.2) is 0 Å². The lowest BCUT2D eigenvalue weighted by Gasteiger charge is -1.99. The van der Waals surface area contributed by atoms with Crippen LogP contribution in [-0.2, 0) is 6.42 Å². The molecule has 0 aliphatic carbocycles. The van der Waals surface area contributed by atoms with Crippen molar-refractivity contribution in [3.63, 3.8) is 0 Å². The van der Waals surface area contributed by atoms with Crippen LogP contribution in [0.3, 0.4) is 0 Å². The maximum atomic E-state index is 5.81. The molecule has 1 heterocycles. The van der Waals surface area contributed by atoms with Crippen molar-refractivity contribution >= 4 is 11.0 Å². The van der Waals surface area contributed by atoms with Crippen LogP contribution < -0.4 is 0 Å². The fourth-order valence-electron chi connectivity index (χ4n) is 2.15. The van der Waals surface area contributed by atoms with Gasteiger partial charge >= 0.3 is 0 Å². The van der Waals surface area contributed by atoms with E-state index in [1.807, 2.05) is 18.2 Å². The molecular formula is C16H14O. The van der Waals surface area contributed by atoms with E-state index in [-0.39, 0.29) is 0 Å². The Morgan fingerprint density at radius 2 is 1.82 bits per heavy atom. The molecule has 0 aliphatic heterocycles. The Balaban J connectivity index is 1.94. The minimum atomic E-state index is 0.857. The first-order valence-corrected chi connectivity index (χ1v) is 5.84. The molecule has 17 heavy (non-hydrogen) atoms. The summed E-state index contributed by atoms with van der Waals surface area (Å²) >= 11 is 0. The second kappa shape index (κ2) is 4.10. The highest BCUT2D eigenvalue weighted by Crippen LogP contribution is 2.21. The molecule has 0 radical (unpaired) electrons. The Hall–Kier alpha value is -2.02. The van der Waals surface area contributed by atoms with E-state index < -0.39 is 0 Å². The van der Waals surface area contributed by atoms with Gasteiger partial charge in [-0.1, -0.05) is 48.0 Å². The largest absolute Gasteiger partial charge is 0.461 e. The van der Waals surface area contributed by atoms with Crippen LogP contribution in [0.4, 0.5) is 0 Å². The van der Waals surface area contributed by atoms with Crippen LogP contribution in [0.5, 0.6) is 0 Å². The quantitative estimate of drug-likeness (QED) is 0.629. The fourth-order valence-corrected chi connectivity index (χ4v) is 2.15. The number of para-hydroxylation sites is 1. The molecule has 0 spiro atoms. The third kappa shape index (κ3) is 2.09. The van der Waals surface area contributed by atoms with Crippen molar-refractivity contribution in [2.24, 2.45) is 0 Å². The van der Waals surface area contributed by atoms with E-state index in [9.17, 15) is 0 Å². The molecule has 3 aromatic rings. The van der Waals surface area contributed by atoms with Crippen molar-refractivity contribution in [1.29, 1.82) is 0 Å². The first-order valence-electron chi connectivity index (χ1n) is 5.84. The molecule has 1 heteroatoms. The summed E-state index contributed by atoms with van der Waals surface area (Å²) in [6, 6.07) is 18.8. The van der Waals surface area contributed by atoms with Crippen molar-refractivity contribution in [3.05, 3.63) is 71.5 Å². The van der Waals surface area contributed by atoms with Crippen LogP contribution >= 0.6 is 0 Å². The van der Waals surface area contributed by atoms with E-state index in [0.717, 1.165) is 17.8 Å². The van der Waals surface area contributed by atoms with Gasteiger partial charge in [-0.2, -0.15) is 0 Å². The number of benzene rings is 2. The minimum absolute atomic E-state index is 0.857. The molecule has 84 valence electrons. The van der Waals surface area contributed by atoms with Gasteiger partial charge < -0.3 is 4.42 Å². The smallest absolute Gasteiger partial charge is 0.134 e. The van der Waals surface area contributed by atoms with Crippen molar-refractivity contribution in [2.75, 3.05) is 0 Å². The molecule has 1 aromatic heterocycles. The molecule has 0 N–H and O–H groups in total. The first-order chi connectivity index (χ1) is 8.31. The van der Waals surface area contributed by atoms with Gasteiger partial charge in [-0.25, -0.2) is 0 Å². The van der Waals surface area contributed by atoms with E-state index in [1.54, 1.807) is 0 Å². The average molecular weight is 222 g/mol. The molecule has 0 bridgehead atoms. The van der Waals surface area contributed by atoms with E-state index >= 15 is 0 Å². The van der Waals surface area contributed by atoms with Gasteiger partial charge in [-0.3, -0.25) is 0 Å². The predicted molar refractivity (Wildman–Crippen MR) is 70.2 cm³/mol. The van der Waals surface area contributed by atoms with Crippen LogP contribution in [0.15, 0.2) is 59.0 Å². The summed E-state index contributed by atoms with van der Waals surface area (Å²) in [6.45, 7) is 2.11. The summed E-state index contributed by atoms with van der Waals surface area (Å²) in [5, 5.41) is 1.18. The minimum Gasteiger partial charge on any atom is -0.461 e. The van der Waals surface area contributed by atoms with Gasteiger partial charge in [0, 0.05) is 11.8 Å². The lowest BCUT2D eigenvalue weighted by atomic mass is 10.1. The Morgan fingerprint density at radius 3 is 2.65 bits per heavy atom. The van der Waals surface area contributed by atoms with Crippen LogP contribution in [0.1, 0.15) is 16.9 Å². The maximum absolute atomic E-state index is 5.81. The zero-order valence-electron chi connectivity index (χ0n) is 9.81. The Bertz CT molecular complexity index is 616. The Labute approximate surface area is 101 Å². The number of furan rings is 1. The summed E-state index contributed by atoms with van der Waals surface area (Å²) in [5.74, 6) is 1.02. The van der Waals surface area contributed by atoms with Crippen molar-refractivity contribution < 1.29 is 4.42 Å². The van der Waals surface area contributed by atoms with Gasteiger partial charge in [-0.05, 0) is 24.6 Å². The summed E-state index contributed by atoms with van der Waals surface area (Å²) in [4.78, 5) is 0. The lowest BCUT2D eigenvalue weighted by Crippen LogP contribution is -1.85. The van der Waals surface area contributed by atoms with E-state index in [2.05, 4.69) is 43.3 Å². The first kappa shape index (κ1) is 10.2. The fraction of sp³-hybridized carbons (Fsp3) is 0.125. The highest BCUT2D eigenvalue weighted by Gasteiger charge is 2.03. The van der Waals surface area contributed by atoms with Crippen LogP contribution in [0, 0.1) is 6.92 Å². The number of hydrogen-bond acceptors (Lipinski definition) is 1. The standard InChI is InChI=1S/C16H14O/c1-12-5-4-6-13(9-12)10-15-11-14-7-2-3-8-16(14)17-15/h2-9,11H,10H2,1H3. The number of aryl methyl sites for hydroxylation is 1. The van der Waals surface area contributed by atoms with Crippen molar-refractivity contribution in [2.45, 2.75) is 13.3 Å². The molecule has 0 unspecified atom stereocenters. The molecule has 0 aliphatic rings. The molecule has 0 atom stereocenters. The molecule has 0 amide bonds. The molecule has 0 fully saturated rings. The van der Waals surface area contributed by atoms with Gasteiger partial charge in [-0.15, -0.1) is 0 Å². The van der Waals surface area contributed by atoms with E-state index in [0.29, 0.717) is 0 Å². The maximum Gasteiger partial charge on any atom is 0.134 e. The van der Waals surface area contributed by atoms with Crippen molar-refractivity contribution in [1.82, 2.24) is 0 Å². The highest BCUT2D eigenvalue weighted by atomic mass is 16.3. The Kier molecular flexibility index (Phi) is 2.45. The molecular weight excluding hydrogens is 208 g/mol. The lowest BCUT2D eigenvalue weighted by molar-refractivity contribution is 0.563. The monoisotopic (exact) mass is 222 g/mol. The number of rotatable bonds is 2. The topological polar surface area (TPSA) is 13.1 Å². The average Bonchev–Trinajstić information content (AvgIpc) is 2.71.